The Morgan fingerprint density at radius 3 is 2.79 bits per heavy atom. The normalized spacial score (nSPS) is 21.5. The second kappa shape index (κ2) is 5.28. The van der Waals surface area contributed by atoms with Crippen LogP contribution in [-0.4, -0.2) is 38.5 Å². The number of anilines is 1. The first-order valence-electron chi connectivity index (χ1n) is 5.99. The SMILES string of the molecule is Cc1cc(Cl)c(S(=O)(=O)N2CCOC[C@H]2C)cc1N. The van der Waals surface area contributed by atoms with Crippen LogP contribution in [0.5, 0.6) is 0 Å². The predicted octanol–water partition coefficient (Wildman–Crippen LogP) is 1.64. The van der Waals surface area contributed by atoms with Gasteiger partial charge >= 0.3 is 0 Å². The van der Waals surface area contributed by atoms with E-state index in [1.807, 2.05) is 6.92 Å². The number of nitrogen functional groups attached to an aromatic ring is 1. The van der Waals surface area contributed by atoms with Crippen molar-refractivity contribution in [3.05, 3.63) is 22.7 Å². The molecule has 0 aromatic heterocycles. The monoisotopic (exact) mass is 304 g/mol. The van der Waals surface area contributed by atoms with Gasteiger partial charge in [-0.2, -0.15) is 4.31 Å². The molecule has 0 saturated carbocycles. The maximum atomic E-state index is 12.6. The summed E-state index contributed by atoms with van der Waals surface area (Å²) in [4.78, 5) is 0.0611. The van der Waals surface area contributed by atoms with E-state index < -0.39 is 10.0 Å². The number of halogens is 1. The molecule has 5 nitrogen and oxygen atoms in total. The first-order chi connectivity index (χ1) is 8.84. The molecule has 7 heteroatoms. The second-order valence-electron chi connectivity index (χ2n) is 4.68. The van der Waals surface area contributed by atoms with E-state index in [-0.39, 0.29) is 16.0 Å². The van der Waals surface area contributed by atoms with Crippen molar-refractivity contribution < 1.29 is 13.2 Å². The lowest BCUT2D eigenvalue weighted by Gasteiger charge is -2.32. The van der Waals surface area contributed by atoms with Gasteiger partial charge in [0, 0.05) is 18.3 Å². The van der Waals surface area contributed by atoms with Gasteiger partial charge in [0.05, 0.1) is 18.2 Å². The zero-order valence-electron chi connectivity index (χ0n) is 10.9. The number of hydrogen-bond acceptors (Lipinski definition) is 4. The molecule has 1 saturated heterocycles. The first-order valence-corrected chi connectivity index (χ1v) is 7.81. The number of nitrogens with zero attached hydrogens (tertiary/aromatic N) is 1. The molecule has 19 heavy (non-hydrogen) atoms. The molecule has 1 atom stereocenters. The van der Waals surface area contributed by atoms with Gasteiger partial charge < -0.3 is 10.5 Å². The van der Waals surface area contributed by atoms with Crippen molar-refractivity contribution in [1.82, 2.24) is 4.31 Å². The van der Waals surface area contributed by atoms with Gasteiger partial charge in [-0.25, -0.2) is 8.42 Å². The number of benzene rings is 1. The molecule has 106 valence electrons. The lowest BCUT2D eigenvalue weighted by molar-refractivity contribution is 0.0393. The number of rotatable bonds is 2. The number of ether oxygens (including phenoxy) is 1. The highest BCUT2D eigenvalue weighted by Crippen LogP contribution is 2.30. The lowest BCUT2D eigenvalue weighted by atomic mass is 10.2. The third-order valence-corrected chi connectivity index (χ3v) is 5.69. The summed E-state index contributed by atoms with van der Waals surface area (Å²) in [7, 11) is -3.64. The van der Waals surface area contributed by atoms with Crippen LogP contribution >= 0.6 is 11.6 Å². The van der Waals surface area contributed by atoms with Crippen LogP contribution in [0.3, 0.4) is 0 Å². The van der Waals surface area contributed by atoms with Crippen molar-refractivity contribution in [2.75, 3.05) is 25.5 Å². The van der Waals surface area contributed by atoms with Gasteiger partial charge in [0.2, 0.25) is 10.0 Å². The molecule has 1 aliphatic rings. The molecule has 0 radical (unpaired) electrons. The minimum absolute atomic E-state index is 0.0611. The first kappa shape index (κ1) is 14.6. The Labute approximate surface area is 118 Å². The van der Waals surface area contributed by atoms with Crippen LogP contribution in [0, 0.1) is 6.92 Å². The van der Waals surface area contributed by atoms with E-state index in [0.717, 1.165) is 5.56 Å². The van der Waals surface area contributed by atoms with Gasteiger partial charge in [-0.3, -0.25) is 0 Å². The molecule has 0 unspecified atom stereocenters. The summed E-state index contributed by atoms with van der Waals surface area (Å²) in [6.45, 7) is 4.70. The molecule has 1 fully saturated rings. The highest BCUT2D eigenvalue weighted by atomic mass is 35.5. The van der Waals surface area contributed by atoms with Crippen molar-refractivity contribution in [3.8, 4) is 0 Å². The molecule has 0 amide bonds. The minimum atomic E-state index is -3.64. The number of hydrogen-bond donors (Lipinski definition) is 1. The predicted molar refractivity (Wildman–Crippen MR) is 74.8 cm³/mol. The largest absolute Gasteiger partial charge is 0.398 e. The molecule has 1 heterocycles. The van der Waals surface area contributed by atoms with Crippen molar-refractivity contribution >= 4 is 27.3 Å². The van der Waals surface area contributed by atoms with Crippen LogP contribution in [0.1, 0.15) is 12.5 Å². The molecule has 0 spiro atoms. The van der Waals surface area contributed by atoms with E-state index >= 15 is 0 Å². The fourth-order valence-electron chi connectivity index (χ4n) is 2.06. The van der Waals surface area contributed by atoms with E-state index in [4.69, 9.17) is 22.1 Å². The summed E-state index contributed by atoms with van der Waals surface area (Å²) < 4.78 is 31.9. The maximum Gasteiger partial charge on any atom is 0.245 e. The van der Waals surface area contributed by atoms with E-state index in [1.54, 1.807) is 13.0 Å². The highest BCUT2D eigenvalue weighted by Gasteiger charge is 2.33. The van der Waals surface area contributed by atoms with E-state index in [9.17, 15) is 8.42 Å². The fourth-order valence-corrected chi connectivity index (χ4v) is 4.26. The molecule has 0 aliphatic carbocycles. The van der Waals surface area contributed by atoms with Gasteiger partial charge in [-0.15, -0.1) is 0 Å². The average molecular weight is 305 g/mol. The van der Waals surface area contributed by atoms with Gasteiger partial charge in [-0.1, -0.05) is 11.6 Å². The summed E-state index contributed by atoms with van der Waals surface area (Å²) in [5.41, 5.74) is 6.97. The summed E-state index contributed by atoms with van der Waals surface area (Å²) in [6.07, 6.45) is 0. The van der Waals surface area contributed by atoms with Crippen LogP contribution in [0.15, 0.2) is 17.0 Å². The standard InChI is InChI=1S/C12H17ClN2O3S/c1-8-5-10(13)12(6-11(8)14)19(16,17)15-3-4-18-7-9(15)2/h5-6,9H,3-4,7,14H2,1-2H3/t9-/m1/s1. The quantitative estimate of drug-likeness (QED) is 0.843. The van der Waals surface area contributed by atoms with E-state index in [2.05, 4.69) is 0 Å². The van der Waals surface area contributed by atoms with Gasteiger partial charge in [-0.05, 0) is 31.5 Å². The van der Waals surface area contributed by atoms with Crippen LogP contribution in [0.25, 0.3) is 0 Å². The van der Waals surface area contributed by atoms with Crippen molar-refractivity contribution in [3.63, 3.8) is 0 Å². The molecule has 1 aromatic rings. The Bertz CT molecular complexity index is 589. The van der Waals surface area contributed by atoms with Crippen molar-refractivity contribution in [2.45, 2.75) is 24.8 Å². The van der Waals surface area contributed by atoms with Gasteiger partial charge in [0.25, 0.3) is 0 Å². The Morgan fingerprint density at radius 2 is 2.16 bits per heavy atom. The maximum absolute atomic E-state index is 12.6. The van der Waals surface area contributed by atoms with Gasteiger partial charge in [0.1, 0.15) is 4.90 Å². The molecule has 2 N–H and O–H groups in total. The Morgan fingerprint density at radius 1 is 1.47 bits per heavy atom. The molecule has 2 rings (SSSR count). The molecule has 0 bridgehead atoms. The lowest BCUT2D eigenvalue weighted by Crippen LogP contribution is -2.47. The highest BCUT2D eigenvalue weighted by molar-refractivity contribution is 7.89. The van der Waals surface area contributed by atoms with Crippen molar-refractivity contribution in [2.24, 2.45) is 0 Å². The third kappa shape index (κ3) is 2.72. The van der Waals surface area contributed by atoms with E-state index in [1.165, 1.54) is 10.4 Å². The Hall–Kier alpha value is -0.820. The smallest absolute Gasteiger partial charge is 0.245 e. The minimum Gasteiger partial charge on any atom is -0.398 e. The number of sulfonamides is 1. The molecule has 1 aliphatic heterocycles. The number of aryl methyl sites for hydroxylation is 1. The Balaban J connectivity index is 2.47. The van der Waals surface area contributed by atoms with Crippen LogP contribution in [0.2, 0.25) is 5.02 Å². The zero-order chi connectivity index (χ0) is 14.2. The third-order valence-electron chi connectivity index (χ3n) is 3.21. The van der Waals surface area contributed by atoms with Crippen LogP contribution in [0.4, 0.5) is 5.69 Å². The van der Waals surface area contributed by atoms with Crippen LogP contribution in [-0.2, 0) is 14.8 Å². The van der Waals surface area contributed by atoms with Crippen LogP contribution < -0.4 is 5.73 Å². The summed E-state index contributed by atoms with van der Waals surface area (Å²) in [6, 6.07) is 2.79. The molecular formula is C12H17ClN2O3S. The summed E-state index contributed by atoms with van der Waals surface area (Å²) >= 11 is 6.06. The topological polar surface area (TPSA) is 72.6 Å². The average Bonchev–Trinajstić information content (AvgIpc) is 2.34. The van der Waals surface area contributed by atoms with Crippen molar-refractivity contribution in [1.29, 1.82) is 0 Å². The summed E-state index contributed by atoms with van der Waals surface area (Å²) in [5.74, 6) is 0. The fraction of sp³-hybridized carbons (Fsp3) is 0.500. The Kier molecular flexibility index (Phi) is 4.06. The zero-order valence-corrected chi connectivity index (χ0v) is 12.5. The number of morpholine rings is 1. The molecular weight excluding hydrogens is 288 g/mol. The molecule has 1 aromatic carbocycles. The van der Waals surface area contributed by atoms with Gasteiger partial charge in [0.15, 0.2) is 0 Å². The second-order valence-corrected chi connectivity index (χ2v) is 6.95. The number of nitrogens with two attached hydrogens (primary N) is 1. The summed E-state index contributed by atoms with van der Waals surface area (Å²) in [5, 5.41) is 0.199. The van der Waals surface area contributed by atoms with E-state index in [0.29, 0.717) is 25.4 Å².